The zero-order valence-corrected chi connectivity index (χ0v) is 12.9. The van der Waals surface area contributed by atoms with Crippen molar-refractivity contribution in [2.75, 3.05) is 7.11 Å². The fourth-order valence-corrected chi connectivity index (χ4v) is 2.17. The lowest BCUT2D eigenvalue weighted by Gasteiger charge is -2.09. The van der Waals surface area contributed by atoms with Crippen LogP contribution in [-0.4, -0.2) is 17.9 Å². The highest BCUT2D eigenvalue weighted by atomic mass is 79.9. The molecule has 0 aliphatic heterocycles. The zero-order valence-electron chi connectivity index (χ0n) is 11.3. The van der Waals surface area contributed by atoms with Gasteiger partial charge in [-0.3, -0.25) is 4.79 Å². The third-order valence-corrected chi connectivity index (χ3v) is 3.30. The van der Waals surface area contributed by atoms with Gasteiger partial charge < -0.3 is 4.74 Å². The molecule has 1 aromatic heterocycles. The summed E-state index contributed by atoms with van der Waals surface area (Å²) in [6.45, 7) is 5.34. The van der Waals surface area contributed by atoms with E-state index in [1.807, 2.05) is 24.3 Å². The smallest absolute Gasteiger partial charge is 0.206 e. The molecule has 0 spiro atoms. The van der Waals surface area contributed by atoms with E-state index in [2.05, 4.69) is 27.5 Å². The minimum absolute atomic E-state index is 0.152. The van der Waals surface area contributed by atoms with Gasteiger partial charge in [0.1, 0.15) is 11.4 Å². The van der Waals surface area contributed by atoms with Crippen LogP contribution in [0.25, 0.3) is 11.3 Å². The molecule has 4 heteroatoms. The Kier molecular flexibility index (Phi) is 4.35. The molecule has 102 valence electrons. The second-order valence-electron chi connectivity index (χ2n) is 4.36. The lowest BCUT2D eigenvalue weighted by molar-refractivity contribution is 0.103. The molecule has 0 fully saturated rings. The molecule has 2 aromatic rings. The number of methoxy groups -OCH3 is 1. The van der Waals surface area contributed by atoms with E-state index in [0.717, 1.165) is 10.0 Å². The molecule has 0 amide bonds. The SMILES string of the molecule is C=C(C)C(=O)c1cccc(-c2cc(Br)ccc2OC)n1. The Balaban J connectivity index is 2.54. The molecule has 1 heterocycles. The zero-order chi connectivity index (χ0) is 14.7. The van der Waals surface area contributed by atoms with Crippen molar-refractivity contribution < 1.29 is 9.53 Å². The van der Waals surface area contributed by atoms with Crippen LogP contribution in [0, 0.1) is 0 Å². The Morgan fingerprint density at radius 3 is 2.70 bits per heavy atom. The number of ether oxygens (including phenoxy) is 1. The number of benzene rings is 1. The van der Waals surface area contributed by atoms with Gasteiger partial charge >= 0.3 is 0 Å². The number of carbonyl (C=O) groups excluding carboxylic acids is 1. The average molecular weight is 332 g/mol. The summed E-state index contributed by atoms with van der Waals surface area (Å²) >= 11 is 3.43. The molecule has 0 saturated carbocycles. The lowest BCUT2D eigenvalue weighted by atomic mass is 10.1. The fraction of sp³-hybridized carbons (Fsp3) is 0.125. The first-order valence-corrected chi connectivity index (χ1v) is 6.83. The highest BCUT2D eigenvalue weighted by molar-refractivity contribution is 9.10. The number of halogens is 1. The van der Waals surface area contributed by atoms with E-state index >= 15 is 0 Å². The quantitative estimate of drug-likeness (QED) is 0.620. The van der Waals surface area contributed by atoms with Gasteiger partial charge in [-0.2, -0.15) is 0 Å². The van der Waals surface area contributed by atoms with Gasteiger partial charge in [0.25, 0.3) is 0 Å². The maximum absolute atomic E-state index is 11.9. The topological polar surface area (TPSA) is 39.2 Å². The molecule has 0 aliphatic carbocycles. The number of ketones is 1. The Morgan fingerprint density at radius 1 is 1.30 bits per heavy atom. The maximum Gasteiger partial charge on any atom is 0.206 e. The Labute approximate surface area is 126 Å². The number of aromatic nitrogens is 1. The molecule has 20 heavy (non-hydrogen) atoms. The van der Waals surface area contributed by atoms with Gasteiger partial charge in [-0.1, -0.05) is 28.6 Å². The summed E-state index contributed by atoms with van der Waals surface area (Å²) < 4.78 is 6.26. The highest BCUT2D eigenvalue weighted by Gasteiger charge is 2.12. The molecule has 0 unspecified atom stereocenters. The molecular weight excluding hydrogens is 318 g/mol. The van der Waals surface area contributed by atoms with E-state index in [1.54, 1.807) is 26.2 Å². The summed E-state index contributed by atoms with van der Waals surface area (Å²) in [6, 6.07) is 11.0. The first kappa shape index (κ1) is 14.5. The van der Waals surface area contributed by atoms with E-state index in [1.165, 1.54) is 0 Å². The van der Waals surface area contributed by atoms with Crippen LogP contribution in [0.4, 0.5) is 0 Å². The molecule has 0 saturated heterocycles. The minimum atomic E-state index is -0.152. The van der Waals surface area contributed by atoms with E-state index in [0.29, 0.717) is 22.7 Å². The third-order valence-electron chi connectivity index (χ3n) is 2.81. The van der Waals surface area contributed by atoms with Crippen LogP contribution in [0.5, 0.6) is 5.75 Å². The maximum atomic E-state index is 11.9. The number of rotatable bonds is 4. The molecule has 0 radical (unpaired) electrons. The molecule has 0 aliphatic rings. The second-order valence-corrected chi connectivity index (χ2v) is 5.28. The molecule has 0 N–H and O–H groups in total. The van der Waals surface area contributed by atoms with E-state index in [-0.39, 0.29) is 5.78 Å². The minimum Gasteiger partial charge on any atom is -0.496 e. The van der Waals surface area contributed by atoms with E-state index < -0.39 is 0 Å². The van der Waals surface area contributed by atoms with Crippen molar-refractivity contribution in [2.45, 2.75) is 6.92 Å². The first-order valence-electron chi connectivity index (χ1n) is 6.04. The summed E-state index contributed by atoms with van der Waals surface area (Å²) in [7, 11) is 1.61. The molecule has 3 nitrogen and oxygen atoms in total. The van der Waals surface area contributed by atoms with Gasteiger partial charge in [-0.05, 0) is 42.8 Å². The molecule has 0 atom stereocenters. The van der Waals surface area contributed by atoms with Crippen molar-refractivity contribution in [1.29, 1.82) is 0 Å². The molecular formula is C16H14BrNO2. The predicted octanol–water partition coefficient (Wildman–Crippen LogP) is 4.28. The summed E-state index contributed by atoms with van der Waals surface area (Å²) in [6.07, 6.45) is 0. The number of nitrogens with zero attached hydrogens (tertiary/aromatic N) is 1. The fourth-order valence-electron chi connectivity index (χ4n) is 1.81. The Hall–Kier alpha value is -1.94. The van der Waals surface area contributed by atoms with Gasteiger partial charge in [0, 0.05) is 10.0 Å². The summed E-state index contributed by atoms with van der Waals surface area (Å²) in [4.78, 5) is 16.3. The van der Waals surface area contributed by atoms with Gasteiger partial charge in [0.2, 0.25) is 5.78 Å². The normalized spacial score (nSPS) is 10.2. The van der Waals surface area contributed by atoms with Crippen molar-refractivity contribution >= 4 is 21.7 Å². The third kappa shape index (κ3) is 2.96. The second kappa shape index (κ2) is 6.01. The van der Waals surface area contributed by atoms with E-state index in [9.17, 15) is 4.79 Å². The van der Waals surface area contributed by atoms with Crippen LogP contribution in [0.2, 0.25) is 0 Å². The Bertz CT molecular complexity index is 680. The summed E-state index contributed by atoms with van der Waals surface area (Å²) in [5, 5.41) is 0. The van der Waals surface area contributed by atoms with Crippen LogP contribution in [0.1, 0.15) is 17.4 Å². The van der Waals surface area contributed by atoms with E-state index in [4.69, 9.17) is 4.74 Å². The van der Waals surface area contributed by atoms with Crippen molar-refractivity contribution in [3.63, 3.8) is 0 Å². The van der Waals surface area contributed by atoms with Crippen molar-refractivity contribution in [3.8, 4) is 17.0 Å². The largest absolute Gasteiger partial charge is 0.496 e. The standard InChI is InChI=1S/C16H14BrNO2/c1-10(2)16(19)14-6-4-5-13(18-14)12-9-11(17)7-8-15(12)20-3/h4-9H,1H2,2-3H3. The van der Waals surface area contributed by atoms with Crippen molar-refractivity contribution in [3.05, 3.63) is 58.7 Å². The average Bonchev–Trinajstić information content (AvgIpc) is 2.46. The number of hydrogen-bond donors (Lipinski definition) is 0. The first-order chi connectivity index (χ1) is 9.52. The van der Waals surface area contributed by atoms with Gasteiger partial charge in [0.15, 0.2) is 0 Å². The van der Waals surface area contributed by atoms with Gasteiger partial charge in [-0.25, -0.2) is 4.98 Å². The van der Waals surface area contributed by atoms with Gasteiger partial charge in [-0.15, -0.1) is 0 Å². The van der Waals surface area contributed by atoms with Crippen molar-refractivity contribution in [2.24, 2.45) is 0 Å². The van der Waals surface area contributed by atoms with Crippen LogP contribution < -0.4 is 4.74 Å². The van der Waals surface area contributed by atoms with Crippen molar-refractivity contribution in [1.82, 2.24) is 4.98 Å². The molecule has 0 bridgehead atoms. The Morgan fingerprint density at radius 2 is 2.05 bits per heavy atom. The monoisotopic (exact) mass is 331 g/mol. The van der Waals surface area contributed by atoms with Crippen LogP contribution in [0.3, 0.4) is 0 Å². The molecule has 2 rings (SSSR count). The van der Waals surface area contributed by atoms with Crippen LogP contribution >= 0.6 is 15.9 Å². The van der Waals surface area contributed by atoms with Crippen LogP contribution in [-0.2, 0) is 0 Å². The number of hydrogen-bond acceptors (Lipinski definition) is 3. The number of allylic oxidation sites excluding steroid dienone is 1. The number of Topliss-reactive ketones (excluding diaryl/α,β-unsaturated/α-hetero) is 1. The predicted molar refractivity (Wildman–Crippen MR) is 83.1 cm³/mol. The number of carbonyl (C=O) groups is 1. The summed E-state index contributed by atoms with van der Waals surface area (Å²) in [5.41, 5.74) is 2.38. The summed E-state index contributed by atoms with van der Waals surface area (Å²) in [5.74, 6) is 0.557. The highest BCUT2D eigenvalue weighted by Crippen LogP contribution is 2.31. The lowest BCUT2D eigenvalue weighted by Crippen LogP contribution is -2.03. The molecule has 1 aromatic carbocycles. The van der Waals surface area contributed by atoms with Crippen LogP contribution in [0.15, 0.2) is 53.0 Å². The van der Waals surface area contributed by atoms with Gasteiger partial charge in [0.05, 0.1) is 12.8 Å². The number of pyridine rings is 1.